The van der Waals surface area contributed by atoms with Crippen molar-refractivity contribution in [1.82, 2.24) is 9.80 Å². The Kier molecular flexibility index (Phi) is 4.84. The summed E-state index contributed by atoms with van der Waals surface area (Å²) in [6, 6.07) is 14.3. The number of amides is 2. The molecule has 0 spiro atoms. The van der Waals surface area contributed by atoms with Gasteiger partial charge in [0.15, 0.2) is 0 Å². The zero-order chi connectivity index (χ0) is 17.1. The van der Waals surface area contributed by atoms with Gasteiger partial charge >= 0.3 is 0 Å². The van der Waals surface area contributed by atoms with E-state index in [1.165, 1.54) is 0 Å². The summed E-state index contributed by atoms with van der Waals surface area (Å²) in [5, 5.41) is 2.30. The first kappa shape index (κ1) is 16.5. The van der Waals surface area contributed by atoms with Crippen LogP contribution in [0, 0.1) is 5.92 Å². The molecule has 1 aliphatic rings. The first-order valence-corrected chi connectivity index (χ1v) is 8.59. The van der Waals surface area contributed by atoms with Gasteiger partial charge in [-0.3, -0.25) is 9.59 Å². The lowest BCUT2D eigenvalue weighted by Crippen LogP contribution is -2.51. The van der Waals surface area contributed by atoms with Gasteiger partial charge in [0.2, 0.25) is 11.8 Å². The highest BCUT2D eigenvalue weighted by atomic mass is 16.2. The van der Waals surface area contributed by atoms with Gasteiger partial charge < -0.3 is 9.80 Å². The van der Waals surface area contributed by atoms with Crippen molar-refractivity contribution in [3.63, 3.8) is 0 Å². The number of hydrogen-bond acceptors (Lipinski definition) is 2. The fraction of sp³-hybridized carbons (Fsp3) is 0.400. The van der Waals surface area contributed by atoms with Gasteiger partial charge in [0.1, 0.15) is 0 Å². The van der Waals surface area contributed by atoms with Crippen LogP contribution in [0.3, 0.4) is 0 Å². The maximum Gasteiger partial charge on any atom is 0.227 e. The normalized spacial score (nSPS) is 15.1. The molecule has 0 atom stereocenters. The summed E-state index contributed by atoms with van der Waals surface area (Å²) in [6.07, 6.45) is 0.416. The van der Waals surface area contributed by atoms with Crippen molar-refractivity contribution in [2.24, 2.45) is 5.92 Å². The van der Waals surface area contributed by atoms with Crippen molar-refractivity contribution in [3.05, 3.63) is 48.0 Å². The van der Waals surface area contributed by atoms with Gasteiger partial charge in [0.25, 0.3) is 0 Å². The van der Waals surface area contributed by atoms with E-state index in [-0.39, 0.29) is 17.7 Å². The quantitative estimate of drug-likeness (QED) is 0.871. The second-order valence-electron chi connectivity index (χ2n) is 6.68. The standard InChI is InChI=1S/C20H24N2O2/c1-15(2)20(24)22-12-10-21(11-13-22)19(23)14-17-8-5-7-16-6-3-4-9-18(16)17/h3-9,15H,10-14H2,1-2H3. The number of piperazine rings is 1. The Morgan fingerprint density at radius 3 is 2.25 bits per heavy atom. The van der Waals surface area contributed by atoms with Crippen LogP contribution in [0.15, 0.2) is 42.5 Å². The fourth-order valence-corrected chi connectivity index (χ4v) is 3.26. The van der Waals surface area contributed by atoms with Crippen molar-refractivity contribution in [2.75, 3.05) is 26.2 Å². The molecule has 0 unspecified atom stereocenters. The average Bonchev–Trinajstić information content (AvgIpc) is 2.61. The van der Waals surface area contributed by atoms with E-state index in [2.05, 4.69) is 18.2 Å². The van der Waals surface area contributed by atoms with E-state index < -0.39 is 0 Å². The molecule has 3 rings (SSSR count). The molecule has 2 aromatic carbocycles. The summed E-state index contributed by atoms with van der Waals surface area (Å²) in [6.45, 7) is 6.36. The van der Waals surface area contributed by atoms with Crippen molar-refractivity contribution < 1.29 is 9.59 Å². The third-order valence-electron chi connectivity index (χ3n) is 4.66. The van der Waals surface area contributed by atoms with Gasteiger partial charge in [-0.05, 0) is 16.3 Å². The van der Waals surface area contributed by atoms with Gasteiger partial charge in [-0.1, -0.05) is 56.3 Å². The second kappa shape index (κ2) is 7.04. The van der Waals surface area contributed by atoms with Crippen LogP contribution in [0.1, 0.15) is 19.4 Å². The van der Waals surface area contributed by atoms with Gasteiger partial charge in [-0.2, -0.15) is 0 Å². The highest BCUT2D eigenvalue weighted by Gasteiger charge is 2.25. The Hall–Kier alpha value is -2.36. The SMILES string of the molecule is CC(C)C(=O)N1CCN(C(=O)Cc2cccc3ccccc23)CC1. The lowest BCUT2D eigenvalue weighted by molar-refractivity contribution is -0.141. The average molecular weight is 324 g/mol. The lowest BCUT2D eigenvalue weighted by Gasteiger charge is -2.35. The third-order valence-corrected chi connectivity index (χ3v) is 4.66. The molecule has 0 saturated carbocycles. The first-order valence-electron chi connectivity index (χ1n) is 8.59. The number of hydrogen-bond donors (Lipinski definition) is 0. The van der Waals surface area contributed by atoms with Crippen LogP contribution in [-0.4, -0.2) is 47.8 Å². The number of benzene rings is 2. The van der Waals surface area contributed by atoms with Crippen LogP contribution >= 0.6 is 0 Å². The zero-order valence-electron chi connectivity index (χ0n) is 14.4. The highest BCUT2D eigenvalue weighted by Crippen LogP contribution is 2.20. The molecular formula is C20H24N2O2. The molecule has 1 heterocycles. The Labute approximate surface area is 143 Å². The van der Waals surface area contributed by atoms with Crippen molar-refractivity contribution in [1.29, 1.82) is 0 Å². The maximum absolute atomic E-state index is 12.6. The van der Waals surface area contributed by atoms with Crippen LogP contribution < -0.4 is 0 Å². The van der Waals surface area contributed by atoms with E-state index in [0.717, 1.165) is 16.3 Å². The molecule has 1 saturated heterocycles. The van der Waals surface area contributed by atoms with E-state index >= 15 is 0 Å². The predicted molar refractivity (Wildman–Crippen MR) is 95.7 cm³/mol. The Morgan fingerprint density at radius 2 is 1.54 bits per heavy atom. The predicted octanol–water partition coefficient (Wildman–Crippen LogP) is 2.71. The summed E-state index contributed by atoms with van der Waals surface area (Å²) in [7, 11) is 0. The molecule has 126 valence electrons. The molecule has 2 amide bonds. The Balaban J connectivity index is 1.65. The van der Waals surface area contributed by atoms with Crippen LogP contribution in [-0.2, 0) is 16.0 Å². The summed E-state index contributed by atoms with van der Waals surface area (Å²) in [5.74, 6) is 0.335. The molecule has 4 heteroatoms. The monoisotopic (exact) mass is 324 g/mol. The summed E-state index contributed by atoms with van der Waals surface area (Å²) in [4.78, 5) is 28.4. The van der Waals surface area contributed by atoms with E-state index in [4.69, 9.17) is 0 Å². The van der Waals surface area contributed by atoms with E-state index in [9.17, 15) is 9.59 Å². The fourth-order valence-electron chi connectivity index (χ4n) is 3.26. The number of carbonyl (C=O) groups excluding carboxylic acids is 2. The number of rotatable bonds is 3. The van der Waals surface area contributed by atoms with Crippen LogP contribution in [0.25, 0.3) is 10.8 Å². The molecule has 0 aromatic heterocycles. The lowest BCUT2D eigenvalue weighted by atomic mass is 10.0. The van der Waals surface area contributed by atoms with Crippen LogP contribution in [0.2, 0.25) is 0 Å². The molecule has 0 N–H and O–H groups in total. The first-order chi connectivity index (χ1) is 11.6. The van der Waals surface area contributed by atoms with Crippen LogP contribution in [0.5, 0.6) is 0 Å². The molecule has 24 heavy (non-hydrogen) atoms. The molecule has 4 nitrogen and oxygen atoms in total. The second-order valence-corrected chi connectivity index (χ2v) is 6.68. The third kappa shape index (κ3) is 3.42. The minimum atomic E-state index is 0.0166. The van der Waals surface area contributed by atoms with E-state index in [1.807, 2.05) is 47.9 Å². The van der Waals surface area contributed by atoms with Crippen molar-refractivity contribution >= 4 is 22.6 Å². The van der Waals surface area contributed by atoms with Crippen molar-refractivity contribution in [3.8, 4) is 0 Å². The number of carbonyl (C=O) groups is 2. The van der Waals surface area contributed by atoms with Crippen LogP contribution in [0.4, 0.5) is 0 Å². The maximum atomic E-state index is 12.6. The molecule has 1 aliphatic heterocycles. The Morgan fingerprint density at radius 1 is 0.917 bits per heavy atom. The van der Waals surface area contributed by atoms with E-state index in [1.54, 1.807) is 0 Å². The molecule has 0 radical (unpaired) electrons. The highest BCUT2D eigenvalue weighted by molar-refractivity contribution is 5.90. The van der Waals surface area contributed by atoms with Gasteiger partial charge in [0, 0.05) is 32.1 Å². The van der Waals surface area contributed by atoms with Crippen molar-refractivity contribution in [2.45, 2.75) is 20.3 Å². The van der Waals surface area contributed by atoms with Gasteiger partial charge in [-0.15, -0.1) is 0 Å². The molecule has 2 aromatic rings. The zero-order valence-corrected chi connectivity index (χ0v) is 14.4. The summed E-state index contributed by atoms with van der Waals surface area (Å²) < 4.78 is 0. The summed E-state index contributed by atoms with van der Waals surface area (Å²) in [5.41, 5.74) is 1.07. The largest absolute Gasteiger partial charge is 0.339 e. The number of fused-ring (bicyclic) bond motifs is 1. The summed E-state index contributed by atoms with van der Waals surface area (Å²) >= 11 is 0. The minimum Gasteiger partial charge on any atom is -0.339 e. The molecule has 0 bridgehead atoms. The minimum absolute atomic E-state index is 0.0166. The number of nitrogens with zero attached hydrogens (tertiary/aromatic N) is 2. The van der Waals surface area contributed by atoms with Gasteiger partial charge in [0.05, 0.1) is 6.42 Å². The topological polar surface area (TPSA) is 40.6 Å². The smallest absolute Gasteiger partial charge is 0.227 e. The Bertz CT molecular complexity index is 741. The van der Waals surface area contributed by atoms with E-state index in [0.29, 0.717) is 32.6 Å². The molecular weight excluding hydrogens is 300 g/mol. The molecule has 1 fully saturated rings. The van der Waals surface area contributed by atoms with Gasteiger partial charge in [-0.25, -0.2) is 0 Å². The molecule has 0 aliphatic carbocycles.